The number of amides is 3. The lowest BCUT2D eigenvalue weighted by Crippen LogP contribution is -2.50. The van der Waals surface area contributed by atoms with Crippen LogP contribution in [0.5, 0.6) is 0 Å². The molecule has 0 saturated heterocycles. The van der Waals surface area contributed by atoms with Gasteiger partial charge < -0.3 is 21.1 Å². The van der Waals surface area contributed by atoms with Crippen LogP contribution in [0.2, 0.25) is 0 Å². The lowest BCUT2D eigenvalue weighted by Gasteiger charge is -2.18. The number of nitrogens with one attached hydrogen (secondary N) is 2. The van der Waals surface area contributed by atoms with Gasteiger partial charge in [0.05, 0.1) is 0 Å². The third kappa shape index (κ3) is 14.1. The lowest BCUT2D eigenvalue weighted by atomic mass is 10.1. The Morgan fingerprint density at radius 2 is 1.58 bits per heavy atom. The average Bonchev–Trinajstić information content (AvgIpc) is 2.60. The minimum absolute atomic E-state index is 0.242. The maximum absolute atomic E-state index is 12.1. The quantitative estimate of drug-likeness (QED) is 0.287. The molecule has 7 heteroatoms. The summed E-state index contributed by atoms with van der Waals surface area (Å²) in [6.45, 7) is 7.38. The predicted octanol–water partition coefficient (Wildman–Crippen LogP) is 2.57. The minimum Gasteiger partial charge on any atom is -0.447 e. The van der Waals surface area contributed by atoms with Crippen molar-refractivity contribution in [3.05, 3.63) is 25.3 Å². The molecule has 1 atom stereocenters. The number of nitrogens with two attached hydrogens (primary N) is 1. The molecule has 0 rings (SSSR count). The zero-order valence-corrected chi connectivity index (χ0v) is 15.6. The Kier molecular flexibility index (Phi) is 14.7. The summed E-state index contributed by atoms with van der Waals surface area (Å²) in [4.78, 5) is 34.8. The average molecular weight is 367 g/mol. The van der Waals surface area contributed by atoms with E-state index in [9.17, 15) is 14.4 Å². The van der Waals surface area contributed by atoms with Crippen LogP contribution in [0, 0.1) is 0 Å². The number of hydrogen-bond donors (Lipinski definition) is 3. The highest BCUT2D eigenvalue weighted by Gasteiger charge is 2.21. The van der Waals surface area contributed by atoms with Crippen molar-refractivity contribution >= 4 is 17.9 Å². The van der Waals surface area contributed by atoms with E-state index in [2.05, 4.69) is 28.5 Å². The van der Waals surface area contributed by atoms with Crippen LogP contribution in [0.4, 0.5) is 4.79 Å². The smallest absolute Gasteiger partial charge is 0.404 e. The van der Waals surface area contributed by atoms with Crippen molar-refractivity contribution in [3.8, 4) is 0 Å². The van der Waals surface area contributed by atoms with Crippen LogP contribution in [-0.2, 0) is 14.3 Å². The molecule has 0 bridgehead atoms. The molecule has 0 aromatic carbocycles. The highest BCUT2D eigenvalue weighted by molar-refractivity contribution is 5.87. The van der Waals surface area contributed by atoms with Gasteiger partial charge in [-0.25, -0.2) is 4.79 Å². The van der Waals surface area contributed by atoms with E-state index in [4.69, 9.17) is 5.73 Å². The summed E-state index contributed by atoms with van der Waals surface area (Å²) < 4.78 is 4.66. The van der Waals surface area contributed by atoms with Gasteiger partial charge in [-0.3, -0.25) is 9.59 Å². The number of hydrogen-bond acceptors (Lipinski definition) is 4. The Morgan fingerprint density at radius 1 is 0.962 bits per heavy atom. The van der Waals surface area contributed by atoms with Crippen LogP contribution in [0.25, 0.3) is 0 Å². The van der Waals surface area contributed by atoms with Crippen LogP contribution in [0.15, 0.2) is 25.3 Å². The SMILES string of the molecule is C=CCCCCCCCCC(=O)NC(COC(N)=O)C(=O)NCCC=C. The second kappa shape index (κ2) is 16.2. The zero-order valence-electron chi connectivity index (χ0n) is 15.6. The highest BCUT2D eigenvalue weighted by atomic mass is 16.5. The van der Waals surface area contributed by atoms with Crippen molar-refractivity contribution in [2.75, 3.05) is 13.2 Å². The lowest BCUT2D eigenvalue weighted by molar-refractivity contribution is -0.130. The minimum atomic E-state index is -0.986. The van der Waals surface area contributed by atoms with Gasteiger partial charge >= 0.3 is 6.09 Å². The molecule has 0 saturated carbocycles. The molecule has 1 unspecified atom stereocenters. The van der Waals surface area contributed by atoms with Gasteiger partial charge in [0.1, 0.15) is 12.6 Å². The fraction of sp³-hybridized carbons (Fsp3) is 0.632. The number of ether oxygens (including phenoxy) is 1. The number of unbranched alkanes of at least 4 members (excludes halogenated alkanes) is 6. The van der Waals surface area contributed by atoms with Gasteiger partial charge in [0.2, 0.25) is 11.8 Å². The first-order chi connectivity index (χ1) is 12.5. The Hall–Kier alpha value is -2.31. The molecule has 0 fully saturated rings. The standard InChI is InChI=1S/C19H33N3O4/c1-3-5-7-8-9-10-11-12-13-17(23)22-16(15-26-19(20)25)18(24)21-14-6-4-2/h3-4,16H,1-2,5-15H2,(H2,20,25)(H,21,24)(H,22,23). The van der Waals surface area contributed by atoms with E-state index in [1.807, 2.05) is 6.08 Å². The molecule has 0 aliphatic carbocycles. The molecule has 0 spiro atoms. The van der Waals surface area contributed by atoms with Crippen LogP contribution < -0.4 is 16.4 Å². The molecular formula is C19H33N3O4. The molecule has 4 N–H and O–H groups in total. The third-order valence-electron chi connectivity index (χ3n) is 3.75. The summed E-state index contributed by atoms with van der Waals surface area (Å²) in [5.74, 6) is -0.655. The van der Waals surface area contributed by atoms with E-state index in [1.54, 1.807) is 6.08 Å². The zero-order chi connectivity index (χ0) is 19.6. The first-order valence-electron chi connectivity index (χ1n) is 9.22. The Labute approximate surface area is 156 Å². The number of carbonyl (C=O) groups is 3. The molecule has 26 heavy (non-hydrogen) atoms. The summed E-state index contributed by atoms with van der Waals surface area (Å²) in [7, 11) is 0. The number of allylic oxidation sites excluding steroid dienone is 1. The van der Waals surface area contributed by atoms with Crippen molar-refractivity contribution < 1.29 is 19.1 Å². The Bertz CT molecular complexity index is 452. The highest BCUT2D eigenvalue weighted by Crippen LogP contribution is 2.08. The third-order valence-corrected chi connectivity index (χ3v) is 3.75. The molecule has 148 valence electrons. The molecule has 0 heterocycles. The van der Waals surface area contributed by atoms with Crippen molar-refractivity contribution in [1.82, 2.24) is 10.6 Å². The van der Waals surface area contributed by atoms with Crippen LogP contribution >= 0.6 is 0 Å². The van der Waals surface area contributed by atoms with E-state index in [-0.39, 0.29) is 12.5 Å². The fourth-order valence-corrected chi connectivity index (χ4v) is 2.32. The number of rotatable bonds is 16. The summed E-state index contributed by atoms with van der Waals surface area (Å²) in [6, 6.07) is -0.946. The van der Waals surface area contributed by atoms with Gasteiger partial charge in [-0.1, -0.05) is 37.8 Å². The maximum atomic E-state index is 12.1. The van der Waals surface area contributed by atoms with E-state index in [1.165, 1.54) is 6.42 Å². The molecule has 0 aromatic heterocycles. The fourth-order valence-electron chi connectivity index (χ4n) is 2.32. The summed E-state index contributed by atoms with van der Waals surface area (Å²) in [6.07, 6.45) is 10.9. The first kappa shape index (κ1) is 23.7. The monoisotopic (exact) mass is 367 g/mol. The topological polar surface area (TPSA) is 111 Å². The first-order valence-corrected chi connectivity index (χ1v) is 9.22. The largest absolute Gasteiger partial charge is 0.447 e. The predicted molar refractivity (Wildman–Crippen MR) is 102 cm³/mol. The van der Waals surface area contributed by atoms with Gasteiger partial charge in [0, 0.05) is 13.0 Å². The summed E-state index contributed by atoms with van der Waals surface area (Å²) in [5, 5.41) is 5.25. The Morgan fingerprint density at radius 3 is 2.19 bits per heavy atom. The second-order valence-corrected chi connectivity index (χ2v) is 6.07. The number of primary amides is 1. The number of carbonyl (C=O) groups excluding carboxylic acids is 3. The van der Waals surface area contributed by atoms with Crippen molar-refractivity contribution in [1.29, 1.82) is 0 Å². The molecule has 0 aliphatic rings. The van der Waals surface area contributed by atoms with Crippen LogP contribution in [0.1, 0.15) is 57.8 Å². The van der Waals surface area contributed by atoms with E-state index >= 15 is 0 Å². The van der Waals surface area contributed by atoms with Gasteiger partial charge in [-0.2, -0.15) is 0 Å². The van der Waals surface area contributed by atoms with Gasteiger partial charge in [-0.15, -0.1) is 13.2 Å². The molecular weight excluding hydrogens is 334 g/mol. The summed E-state index contributed by atoms with van der Waals surface area (Å²) in [5.41, 5.74) is 4.93. The van der Waals surface area contributed by atoms with Crippen molar-refractivity contribution in [2.45, 2.75) is 63.8 Å². The van der Waals surface area contributed by atoms with Crippen LogP contribution in [0.3, 0.4) is 0 Å². The van der Waals surface area contributed by atoms with E-state index in [0.717, 1.165) is 38.5 Å². The molecule has 0 aromatic rings. The van der Waals surface area contributed by atoms with Gasteiger partial charge in [0.15, 0.2) is 0 Å². The van der Waals surface area contributed by atoms with Gasteiger partial charge in [-0.05, 0) is 25.7 Å². The maximum Gasteiger partial charge on any atom is 0.404 e. The van der Waals surface area contributed by atoms with Crippen molar-refractivity contribution in [2.24, 2.45) is 5.73 Å². The Balaban J connectivity index is 4.10. The molecule has 0 aliphatic heterocycles. The van der Waals surface area contributed by atoms with Crippen molar-refractivity contribution in [3.63, 3.8) is 0 Å². The molecule has 0 radical (unpaired) electrons. The normalized spacial score (nSPS) is 11.2. The van der Waals surface area contributed by atoms with E-state index < -0.39 is 18.0 Å². The second-order valence-electron chi connectivity index (χ2n) is 6.07. The molecule has 3 amide bonds. The van der Waals surface area contributed by atoms with Gasteiger partial charge in [0.25, 0.3) is 0 Å². The van der Waals surface area contributed by atoms with E-state index in [0.29, 0.717) is 19.4 Å². The summed E-state index contributed by atoms with van der Waals surface area (Å²) >= 11 is 0. The molecule has 7 nitrogen and oxygen atoms in total. The van der Waals surface area contributed by atoms with Crippen LogP contribution in [-0.4, -0.2) is 37.1 Å².